The molecule has 0 amide bonds. The Morgan fingerprint density at radius 1 is 1.03 bits per heavy atom. The van der Waals surface area contributed by atoms with Gasteiger partial charge in [0.1, 0.15) is 11.8 Å². The molecule has 1 unspecified atom stereocenters. The predicted octanol–water partition coefficient (Wildman–Crippen LogP) is 5.03. The fraction of sp³-hybridized carbons (Fsp3) is 0.100. The number of benzene rings is 2. The van der Waals surface area contributed by atoms with Crippen LogP contribution >= 0.6 is 22.6 Å². The molecule has 2 N–H and O–H groups in total. The van der Waals surface area contributed by atoms with Crippen LogP contribution in [0.1, 0.15) is 12.5 Å². The van der Waals surface area contributed by atoms with Crippen LogP contribution in [0.2, 0.25) is 0 Å². The number of hydrogen-bond donors (Lipinski definition) is 2. The number of alkyl halides is 1. The predicted molar refractivity (Wildman–Crippen MR) is 115 cm³/mol. The second-order valence-corrected chi connectivity index (χ2v) is 8.04. The van der Waals surface area contributed by atoms with Crippen LogP contribution in [-0.2, 0) is 0 Å². The van der Waals surface area contributed by atoms with E-state index in [1.807, 2.05) is 34.7 Å². The molecule has 3 aromatic rings. The molecule has 2 aromatic carbocycles. The van der Waals surface area contributed by atoms with E-state index in [1.54, 1.807) is 55.5 Å². The summed E-state index contributed by atoms with van der Waals surface area (Å²) in [5, 5.41) is 23.7. The van der Waals surface area contributed by atoms with Crippen LogP contribution in [0.15, 0.2) is 54.7 Å². The standard InChI is InChI=1S/C20H14FIN6O/c1-20(22,12-24)29-16-8-6-14(7-9-16)26-18-17(21)11-25-19(28-18)27-15-4-2-13(10-23)3-5-15/h2-9,11H,1H3,(H2,25,26,27,28). The van der Waals surface area contributed by atoms with Gasteiger partial charge in [-0.15, -0.1) is 0 Å². The van der Waals surface area contributed by atoms with Gasteiger partial charge in [0.2, 0.25) is 9.56 Å². The molecular formula is C20H14FIN6O. The molecule has 29 heavy (non-hydrogen) atoms. The van der Waals surface area contributed by atoms with Crippen LogP contribution in [0, 0.1) is 28.5 Å². The van der Waals surface area contributed by atoms with Crippen LogP contribution < -0.4 is 15.4 Å². The molecule has 0 bridgehead atoms. The molecular weight excluding hydrogens is 486 g/mol. The quantitative estimate of drug-likeness (QED) is 0.361. The van der Waals surface area contributed by atoms with Crippen molar-refractivity contribution in [2.45, 2.75) is 10.5 Å². The maximum absolute atomic E-state index is 14.1. The molecule has 0 saturated carbocycles. The largest absolute Gasteiger partial charge is 0.464 e. The van der Waals surface area contributed by atoms with E-state index in [9.17, 15) is 4.39 Å². The molecule has 0 radical (unpaired) electrons. The van der Waals surface area contributed by atoms with Gasteiger partial charge < -0.3 is 15.4 Å². The van der Waals surface area contributed by atoms with Gasteiger partial charge in [-0.25, -0.2) is 9.37 Å². The van der Waals surface area contributed by atoms with Gasteiger partial charge in [0.05, 0.1) is 17.8 Å². The smallest absolute Gasteiger partial charge is 0.241 e. The summed E-state index contributed by atoms with van der Waals surface area (Å²) in [5.41, 5.74) is 1.79. The minimum atomic E-state index is -0.975. The second kappa shape index (κ2) is 8.71. The highest BCUT2D eigenvalue weighted by Crippen LogP contribution is 2.26. The lowest BCUT2D eigenvalue weighted by atomic mass is 10.2. The molecule has 0 saturated heterocycles. The van der Waals surface area contributed by atoms with Gasteiger partial charge in [-0.05, 0) is 78.0 Å². The zero-order valence-corrected chi connectivity index (χ0v) is 17.3. The highest BCUT2D eigenvalue weighted by Gasteiger charge is 2.20. The first kappa shape index (κ1) is 20.3. The summed E-state index contributed by atoms with van der Waals surface area (Å²) in [6, 6.07) is 17.5. The van der Waals surface area contributed by atoms with Gasteiger partial charge in [-0.2, -0.15) is 15.5 Å². The van der Waals surface area contributed by atoms with E-state index in [4.69, 9.17) is 15.3 Å². The van der Waals surface area contributed by atoms with Gasteiger partial charge in [0, 0.05) is 11.4 Å². The first-order valence-electron chi connectivity index (χ1n) is 8.34. The van der Waals surface area contributed by atoms with Crippen LogP contribution in [0.4, 0.5) is 27.5 Å². The SMILES string of the molecule is CC(I)(C#N)Oc1ccc(Nc2nc(Nc3ccc(C#N)cc3)ncc2F)cc1. The maximum Gasteiger partial charge on any atom is 0.241 e. The minimum Gasteiger partial charge on any atom is -0.464 e. The van der Waals surface area contributed by atoms with E-state index < -0.39 is 9.43 Å². The molecule has 9 heteroatoms. The molecule has 3 rings (SSSR count). The summed E-state index contributed by atoms with van der Waals surface area (Å²) in [6.45, 7) is 1.65. The maximum atomic E-state index is 14.1. The third-order valence-corrected chi connectivity index (χ3v) is 4.10. The Kier molecular flexibility index (Phi) is 6.10. The van der Waals surface area contributed by atoms with E-state index in [0.717, 1.165) is 6.20 Å². The van der Waals surface area contributed by atoms with Crippen molar-refractivity contribution in [1.82, 2.24) is 9.97 Å². The van der Waals surface area contributed by atoms with Crippen LogP contribution in [0.3, 0.4) is 0 Å². The third-order valence-electron chi connectivity index (χ3n) is 3.64. The summed E-state index contributed by atoms with van der Waals surface area (Å²) >= 11 is 1.90. The number of hydrogen-bond acceptors (Lipinski definition) is 7. The van der Waals surface area contributed by atoms with Gasteiger partial charge in [0.15, 0.2) is 11.6 Å². The fourth-order valence-electron chi connectivity index (χ4n) is 2.26. The zero-order chi connectivity index (χ0) is 20.9. The van der Waals surface area contributed by atoms with Crippen LogP contribution in [0.25, 0.3) is 0 Å². The molecule has 0 aliphatic heterocycles. The Morgan fingerprint density at radius 2 is 1.66 bits per heavy atom. The average molecular weight is 500 g/mol. The normalized spacial score (nSPS) is 12.2. The van der Waals surface area contributed by atoms with Crippen molar-refractivity contribution in [3.8, 4) is 17.9 Å². The van der Waals surface area contributed by atoms with Gasteiger partial charge in [-0.1, -0.05) is 0 Å². The monoisotopic (exact) mass is 500 g/mol. The molecule has 0 spiro atoms. The zero-order valence-electron chi connectivity index (χ0n) is 15.1. The van der Waals surface area contributed by atoms with E-state index in [-0.39, 0.29) is 11.8 Å². The van der Waals surface area contributed by atoms with E-state index >= 15 is 0 Å². The van der Waals surface area contributed by atoms with Gasteiger partial charge >= 0.3 is 0 Å². The van der Waals surface area contributed by atoms with E-state index in [0.29, 0.717) is 22.7 Å². The number of rotatable bonds is 6. The Bertz CT molecular complexity index is 1090. The Morgan fingerprint density at radius 3 is 2.28 bits per heavy atom. The van der Waals surface area contributed by atoms with Gasteiger partial charge in [-0.3, -0.25) is 0 Å². The number of halogens is 2. The summed E-state index contributed by atoms with van der Waals surface area (Å²) < 4.78 is 18.7. The Labute approximate surface area is 180 Å². The van der Waals surface area contributed by atoms with Crippen molar-refractivity contribution in [2.75, 3.05) is 10.6 Å². The van der Waals surface area contributed by atoms with Crippen molar-refractivity contribution in [3.05, 3.63) is 66.1 Å². The molecule has 0 aliphatic rings. The number of ether oxygens (including phenoxy) is 1. The molecule has 7 nitrogen and oxygen atoms in total. The number of anilines is 4. The average Bonchev–Trinajstić information content (AvgIpc) is 2.72. The topological polar surface area (TPSA) is 107 Å². The number of nitrogens with one attached hydrogen (secondary N) is 2. The first-order valence-corrected chi connectivity index (χ1v) is 9.42. The summed E-state index contributed by atoms with van der Waals surface area (Å²) in [4.78, 5) is 8.08. The Hall–Kier alpha value is -3.44. The first-order chi connectivity index (χ1) is 13.9. The highest BCUT2D eigenvalue weighted by atomic mass is 127. The van der Waals surface area contributed by atoms with Crippen molar-refractivity contribution in [1.29, 1.82) is 10.5 Å². The molecule has 1 aromatic heterocycles. The Balaban J connectivity index is 1.73. The summed E-state index contributed by atoms with van der Waals surface area (Å²) in [5.74, 6) is 0.106. The van der Waals surface area contributed by atoms with Crippen molar-refractivity contribution in [3.63, 3.8) is 0 Å². The highest BCUT2D eigenvalue weighted by molar-refractivity contribution is 14.1. The third kappa shape index (κ3) is 5.53. The molecule has 1 atom stereocenters. The molecule has 144 valence electrons. The number of nitriles is 2. The summed E-state index contributed by atoms with van der Waals surface area (Å²) in [6.07, 6.45) is 1.06. The minimum absolute atomic E-state index is 0.000526. The summed E-state index contributed by atoms with van der Waals surface area (Å²) in [7, 11) is 0. The van der Waals surface area contributed by atoms with Crippen molar-refractivity contribution >= 4 is 45.7 Å². The van der Waals surface area contributed by atoms with Crippen molar-refractivity contribution in [2.24, 2.45) is 0 Å². The van der Waals surface area contributed by atoms with E-state index in [1.165, 1.54) is 0 Å². The van der Waals surface area contributed by atoms with Gasteiger partial charge in [0.25, 0.3) is 0 Å². The lowest BCUT2D eigenvalue weighted by molar-refractivity contribution is 0.260. The van der Waals surface area contributed by atoms with Crippen LogP contribution in [0.5, 0.6) is 5.75 Å². The fourth-order valence-corrected chi connectivity index (χ4v) is 2.51. The number of nitrogens with zero attached hydrogens (tertiary/aromatic N) is 4. The lowest BCUT2D eigenvalue weighted by Crippen LogP contribution is -2.21. The molecule has 0 aliphatic carbocycles. The van der Waals surface area contributed by atoms with Crippen molar-refractivity contribution < 1.29 is 9.13 Å². The van der Waals surface area contributed by atoms with Crippen LogP contribution in [-0.4, -0.2) is 13.6 Å². The molecule has 0 fully saturated rings. The van der Waals surface area contributed by atoms with E-state index in [2.05, 4.69) is 20.6 Å². The number of aromatic nitrogens is 2. The lowest BCUT2D eigenvalue weighted by Gasteiger charge is -2.16. The second-order valence-electron chi connectivity index (χ2n) is 5.98. The molecule has 1 heterocycles.